The van der Waals surface area contributed by atoms with E-state index in [-0.39, 0.29) is 5.97 Å². The maximum atomic E-state index is 11.7. The molecule has 106 valence electrons. The van der Waals surface area contributed by atoms with Crippen LogP contribution in [0.4, 0.5) is 0 Å². The van der Waals surface area contributed by atoms with Crippen molar-refractivity contribution in [3.8, 4) is 0 Å². The second-order valence-electron chi connectivity index (χ2n) is 5.76. The summed E-state index contributed by atoms with van der Waals surface area (Å²) < 4.78 is 4.81. The minimum absolute atomic E-state index is 0.233. The van der Waals surface area contributed by atoms with Gasteiger partial charge in [-0.25, -0.2) is 0 Å². The molecule has 0 saturated heterocycles. The van der Waals surface area contributed by atoms with Crippen molar-refractivity contribution >= 4 is 5.97 Å². The summed E-state index contributed by atoms with van der Waals surface area (Å²) in [4.78, 5) is 11.7. The lowest BCUT2D eigenvalue weighted by atomic mass is 9.87. The van der Waals surface area contributed by atoms with Crippen LogP contribution in [0.5, 0.6) is 0 Å². The second-order valence-corrected chi connectivity index (χ2v) is 5.76. The van der Waals surface area contributed by atoms with Crippen molar-refractivity contribution in [2.45, 2.75) is 39.2 Å². The Labute approximate surface area is 116 Å². The Balaban J connectivity index is 2.74. The van der Waals surface area contributed by atoms with E-state index >= 15 is 0 Å². The SMILES string of the molecule is COC(=O)C(C)(C)NCC(c1ccccc1)C(C)C. The van der Waals surface area contributed by atoms with E-state index in [1.165, 1.54) is 12.7 Å². The molecule has 0 bridgehead atoms. The van der Waals surface area contributed by atoms with Gasteiger partial charge in [0.15, 0.2) is 0 Å². The third-order valence-corrected chi connectivity index (χ3v) is 3.49. The predicted molar refractivity (Wildman–Crippen MR) is 78.1 cm³/mol. The van der Waals surface area contributed by atoms with Gasteiger partial charge < -0.3 is 10.1 Å². The number of rotatable bonds is 6. The van der Waals surface area contributed by atoms with Crippen LogP contribution in [0.3, 0.4) is 0 Å². The molecular weight excluding hydrogens is 238 g/mol. The maximum absolute atomic E-state index is 11.7. The Hall–Kier alpha value is -1.35. The summed E-state index contributed by atoms with van der Waals surface area (Å²) in [6.45, 7) is 8.85. The number of carbonyl (C=O) groups is 1. The normalized spacial score (nSPS) is 13.4. The molecule has 0 spiro atoms. The first kappa shape index (κ1) is 15.7. The number of esters is 1. The van der Waals surface area contributed by atoms with E-state index in [4.69, 9.17) is 4.74 Å². The largest absolute Gasteiger partial charge is 0.468 e. The van der Waals surface area contributed by atoms with Crippen LogP contribution in [-0.4, -0.2) is 25.2 Å². The minimum atomic E-state index is -0.656. The van der Waals surface area contributed by atoms with E-state index in [0.29, 0.717) is 11.8 Å². The van der Waals surface area contributed by atoms with Crippen molar-refractivity contribution < 1.29 is 9.53 Å². The van der Waals surface area contributed by atoms with Crippen molar-refractivity contribution in [2.75, 3.05) is 13.7 Å². The molecular formula is C16H25NO2. The van der Waals surface area contributed by atoms with Crippen LogP contribution in [0, 0.1) is 5.92 Å². The summed E-state index contributed by atoms with van der Waals surface area (Å²) in [5.74, 6) is 0.650. The van der Waals surface area contributed by atoms with E-state index in [2.05, 4.69) is 43.4 Å². The van der Waals surface area contributed by atoms with Crippen molar-refractivity contribution in [3.63, 3.8) is 0 Å². The fraction of sp³-hybridized carbons (Fsp3) is 0.562. The van der Waals surface area contributed by atoms with E-state index in [9.17, 15) is 4.79 Å². The maximum Gasteiger partial charge on any atom is 0.325 e. The van der Waals surface area contributed by atoms with Gasteiger partial charge >= 0.3 is 5.97 Å². The fourth-order valence-corrected chi connectivity index (χ4v) is 2.13. The Morgan fingerprint density at radius 2 is 1.84 bits per heavy atom. The smallest absolute Gasteiger partial charge is 0.325 e. The molecule has 3 heteroatoms. The average molecular weight is 263 g/mol. The zero-order valence-electron chi connectivity index (χ0n) is 12.6. The van der Waals surface area contributed by atoms with Gasteiger partial charge in [0.1, 0.15) is 5.54 Å². The van der Waals surface area contributed by atoms with Crippen LogP contribution in [-0.2, 0) is 9.53 Å². The topological polar surface area (TPSA) is 38.3 Å². The van der Waals surface area contributed by atoms with Gasteiger partial charge in [-0.1, -0.05) is 44.2 Å². The van der Waals surface area contributed by atoms with Crippen LogP contribution >= 0.6 is 0 Å². The molecule has 19 heavy (non-hydrogen) atoms. The summed E-state index contributed by atoms with van der Waals surface area (Å²) in [6, 6.07) is 10.4. The Bertz CT molecular complexity index is 398. The minimum Gasteiger partial charge on any atom is -0.468 e. The Kier molecular flexibility index (Phi) is 5.55. The molecule has 0 fully saturated rings. The molecule has 1 aromatic rings. The van der Waals surface area contributed by atoms with Crippen molar-refractivity contribution in [2.24, 2.45) is 5.92 Å². The van der Waals surface area contributed by atoms with Gasteiger partial charge in [-0.15, -0.1) is 0 Å². The van der Waals surface area contributed by atoms with Gasteiger partial charge in [0.25, 0.3) is 0 Å². The van der Waals surface area contributed by atoms with Gasteiger partial charge in [-0.2, -0.15) is 0 Å². The zero-order valence-corrected chi connectivity index (χ0v) is 12.6. The first-order valence-corrected chi connectivity index (χ1v) is 6.77. The summed E-state index contributed by atoms with van der Waals surface area (Å²) >= 11 is 0. The first-order valence-electron chi connectivity index (χ1n) is 6.77. The lowest BCUT2D eigenvalue weighted by Gasteiger charge is -2.28. The number of hydrogen-bond donors (Lipinski definition) is 1. The third-order valence-electron chi connectivity index (χ3n) is 3.49. The molecule has 1 atom stereocenters. The summed E-state index contributed by atoms with van der Waals surface area (Å²) in [5, 5.41) is 3.32. The van der Waals surface area contributed by atoms with Crippen molar-refractivity contribution in [3.05, 3.63) is 35.9 Å². The molecule has 0 saturated carbocycles. The standard InChI is InChI=1S/C16H25NO2/c1-12(2)14(13-9-7-6-8-10-13)11-17-16(3,4)15(18)19-5/h6-10,12,14,17H,11H2,1-5H3. The number of hydrogen-bond acceptors (Lipinski definition) is 3. The molecule has 3 nitrogen and oxygen atoms in total. The molecule has 0 aliphatic heterocycles. The van der Waals surface area contributed by atoms with E-state index in [0.717, 1.165) is 6.54 Å². The van der Waals surface area contributed by atoms with Crippen molar-refractivity contribution in [1.82, 2.24) is 5.32 Å². The highest BCUT2D eigenvalue weighted by molar-refractivity contribution is 5.79. The highest BCUT2D eigenvalue weighted by atomic mass is 16.5. The molecule has 1 rings (SSSR count). The molecule has 0 amide bonds. The van der Waals surface area contributed by atoms with Crippen LogP contribution in [0.2, 0.25) is 0 Å². The molecule has 0 aromatic heterocycles. The van der Waals surface area contributed by atoms with Crippen LogP contribution < -0.4 is 5.32 Å². The fourth-order valence-electron chi connectivity index (χ4n) is 2.13. The number of benzene rings is 1. The van der Waals surface area contributed by atoms with Gasteiger partial charge in [0.2, 0.25) is 0 Å². The zero-order chi connectivity index (χ0) is 14.5. The molecule has 1 unspecified atom stereocenters. The number of nitrogens with one attached hydrogen (secondary N) is 1. The van der Waals surface area contributed by atoms with Gasteiger partial charge in [0, 0.05) is 6.54 Å². The average Bonchev–Trinajstić information content (AvgIpc) is 2.38. The molecule has 0 aliphatic rings. The summed E-state index contributed by atoms with van der Waals surface area (Å²) in [6.07, 6.45) is 0. The number of carbonyl (C=O) groups excluding carboxylic acids is 1. The van der Waals surface area contributed by atoms with Crippen molar-refractivity contribution in [1.29, 1.82) is 0 Å². The van der Waals surface area contributed by atoms with E-state index in [1.807, 2.05) is 19.9 Å². The highest BCUT2D eigenvalue weighted by Gasteiger charge is 2.29. The summed E-state index contributed by atoms with van der Waals surface area (Å²) in [5.41, 5.74) is 0.641. The lowest BCUT2D eigenvalue weighted by Crippen LogP contribution is -2.49. The molecule has 0 aliphatic carbocycles. The van der Waals surface area contributed by atoms with Gasteiger partial charge in [0.05, 0.1) is 7.11 Å². The predicted octanol–water partition coefficient (Wildman–Crippen LogP) is 2.97. The Morgan fingerprint density at radius 3 is 2.32 bits per heavy atom. The molecule has 0 radical (unpaired) electrons. The monoisotopic (exact) mass is 263 g/mol. The van der Waals surface area contributed by atoms with Gasteiger partial charge in [-0.3, -0.25) is 4.79 Å². The molecule has 0 heterocycles. The van der Waals surface area contributed by atoms with Crippen LogP contribution in [0.1, 0.15) is 39.2 Å². The van der Waals surface area contributed by atoms with Gasteiger partial charge in [-0.05, 0) is 31.2 Å². The molecule has 1 aromatic carbocycles. The van der Waals surface area contributed by atoms with E-state index in [1.54, 1.807) is 0 Å². The highest BCUT2D eigenvalue weighted by Crippen LogP contribution is 2.24. The number of ether oxygens (including phenoxy) is 1. The Morgan fingerprint density at radius 1 is 1.26 bits per heavy atom. The van der Waals surface area contributed by atoms with Crippen LogP contribution in [0.25, 0.3) is 0 Å². The quantitative estimate of drug-likeness (QED) is 0.802. The second kappa shape index (κ2) is 6.71. The van der Waals surface area contributed by atoms with Crippen LogP contribution in [0.15, 0.2) is 30.3 Å². The summed E-state index contributed by atoms with van der Waals surface area (Å²) in [7, 11) is 1.42. The third kappa shape index (κ3) is 4.35. The number of methoxy groups -OCH3 is 1. The van der Waals surface area contributed by atoms with E-state index < -0.39 is 5.54 Å². The lowest BCUT2D eigenvalue weighted by molar-refractivity contribution is -0.147. The molecule has 1 N–H and O–H groups in total. The first-order chi connectivity index (χ1) is 8.88.